The van der Waals surface area contributed by atoms with Crippen LogP contribution >= 0.6 is 34.8 Å². The fourth-order valence-corrected chi connectivity index (χ4v) is 1.76. The minimum atomic E-state index is -0.567. The van der Waals surface area contributed by atoms with Crippen LogP contribution in [0.1, 0.15) is 5.56 Å². The second kappa shape index (κ2) is 5.74. The topological polar surface area (TPSA) is 22.1 Å². The van der Waals surface area contributed by atoms with Gasteiger partial charge in [-0.3, -0.25) is 0 Å². The summed E-state index contributed by atoms with van der Waals surface area (Å²) in [4.78, 5) is 4.00. The lowest BCUT2D eigenvalue weighted by atomic mass is 10.3. The second-order valence-electron chi connectivity index (χ2n) is 3.44. The van der Waals surface area contributed by atoms with Gasteiger partial charge < -0.3 is 4.74 Å². The molecule has 0 unspecified atom stereocenters. The predicted molar refractivity (Wildman–Crippen MR) is 70.3 cm³/mol. The molecule has 0 spiro atoms. The van der Waals surface area contributed by atoms with Gasteiger partial charge in [-0.05, 0) is 23.8 Å². The molecular formula is C12H7Cl3FNO. The highest BCUT2D eigenvalue weighted by atomic mass is 35.5. The van der Waals surface area contributed by atoms with Crippen molar-refractivity contribution >= 4 is 34.8 Å². The molecule has 94 valence electrons. The third-order valence-corrected chi connectivity index (χ3v) is 3.01. The summed E-state index contributed by atoms with van der Waals surface area (Å²) in [6.45, 7) is 0. The third-order valence-electron chi connectivity index (χ3n) is 2.12. The van der Waals surface area contributed by atoms with Gasteiger partial charge >= 0.3 is 0 Å². The first-order valence-electron chi connectivity index (χ1n) is 4.93. The van der Waals surface area contributed by atoms with Gasteiger partial charge in [0, 0.05) is 18.1 Å². The summed E-state index contributed by atoms with van der Waals surface area (Å²) in [5.74, 6) is 0.197. The van der Waals surface area contributed by atoms with Gasteiger partial charge in [0.2, 0.25) is 5.88 Å². The van der Waals surface area contributed by atoms with Crippen LogP contribution in [0.2, 0.25) is 10.0 Å². The Hall–Kier alpha value is -1.03. The highest BCUT2D eigenvalue weighted by Gasteiger charge is 2.08. The van der Waals surface area contributed by atoms with E-state index < -0.39 is 5.82 Å². The van der Waals surface area contributed by atoms with E-state index in [9.17, 15) is 4.39 Å². The van der Waals surface area contributed by atoms with Crippen LogP contribution in [0, 0.1) is 5.82 Å². The molecule has 0 bridgehead atoms. The van der Waals surface area contributed by atoms with Crippen LogP contribution in [0.5, 0.6) is 11.6 Å². The van der Waals surface area contributed by atoms with Crippen molar-refractivity contribution < 1.29 is 9.13 Å². The molecule has 0 amide bonds. The van der Waals surface area contributed by atoms with Crippen LogP contribution in [0.25, 0.3) is 0 Å². The molecule has 2 rings (SSSR count). The van der Waals surface area contributed by atoms with E-state index >= 15 is 0 Å². The zero-order valence-electron chi connectivity index (χ0n) is 8.96. The van der Waals surface area contributed by atoms with E-state index in [0.717, 1.165) is 11.6 Å². The zero-order chi connectivity index (χ0) is 13.1. The van der Waals surface area contributed by atoms with E-state index in [4.69, 9.17) is 39.5 Å². The summed E-state index contributed by atoms with van der Waals surface area (Å²) >= 11 is 17.2. The number of hydrogen-bond acceptors (Lipinski definition) is 2. The van der Waals surface area contributed by atoms with Gasteiger partial charge in [-0.15, -0.1) is 11.6 Å². The molecule has 2 nitrogen and oxygen atoms in total. The van der Waals surface area contributed by atoms with Gasteiger partial charge in [0.05, 0.1) is 5.02 Å². The summed E-state index contributed by atoms with van der Waals surface area (Å²) in [6, 6.07) is 5.73. The van der Waals surface area contributed by atoms with Crippen molar-refractivity contribution in [3.63, 3.8) is 0 Å². The second-order valence-corrected chi connectivity index (χ2v) is 4.52. The summed E-state index contributed by atoms with van der Waals surface area (Å²) in [5.41, 5.74) is 0.774. The number of nitrogens with zero attached hydrogens (tertiary/aromatic N) is 1. The molecule has 6 heteroatoms. The number of alkyl halides is 1. The van der Waals surface area contributed by atoms with E-state index in [0.29, 0.717) is 10.9 Å². The van der Waals surface area contributed by atoms with Crippen molar-refractivity contribution in [1.82, 2.24) is 4.98 Å². The Kier molecular flexibility index (Phi) is 4.27. The molecule has 1 aromatic heterocycles. The van der Waals surface area contributed by atoms with Crippen LogP contribution in [0.3, 0.4) is 0 Å². The third kappa shape index (κ3) is 3.05. The first kappa shape index (κ1) is 13.4. The predicted octanol–water partition coefficient (Wildman–Crippen LogP) is 5.06. The van der Waals surface area contributed by atoms with Gasteiger partial charge in [-0.2, -0.15) is 0 Å². The SMILES string of the molecule is Fc1cc(Oc2ncc(CCl)cc2Cl)ccc1Cl. The van der Waals surface area contributed by atoms with Crippen molar-refractivity contribution in [3.8, 4) is 11.6 Å². The van der Waals surface area contributed by atoms with E-state index in [1.165, 1.54) is 12.1 Å². The Morgan fingerprint density at radius 2 is 1.94 bits per heavy atom. The van der Waals surface area contributed by atoms with E-state index in [1.54, 1.807) is 12.3 Å². The van der Waals surface area contributed by atoms with Gasteiger partial charge in [-0.1, -0.05) is 23.2 Å². The van der Waals surface area contributed by atoms with Crippen LogP contribution in [-0.4, -0.2) is 4.98 Å². The minimum absolute atomic E-state index is 0.0268. The van der Waals surface area contributed by atoms with Gasteiger partial charge in [0.1, 0.15) is 16.6 Å². The maximum Gasteiger partial charge on any atom is 0.238 e. The van der Waals surface area contributed by atoms with Crippen LogP contribution in [0.4, 0.5) is 4.39 Å². The maximum absolute atomic E-state index is 13.2. The number of hydrogen-bond donors (Lipinski definition) is 0. The Morgan fingerprint density at radius 1 is 1.17 bits per heavy atom. The number of benzene rings is 1. The molecule has 0 atom stereocenters. The fraction of sp³-hybridized carbons (Fsp3) is 0.0833. The average Bonchev–Trinajstić information content (AvgIpc) is 2.36. The van der Waals surface area contributed by atoms with Crippen molar-refractivity contribution in [2.24, 2.45) is 0 Å². The lowest BCUT2D eigenvalue weighted by Gasteiger charge is -2.07. The molecule has 0 radical (unpaired) electrons. The number of pyridine rings is 1. The first-order valence-corrected chi connectivity index (χ1v) is 6.22. The molecule has 0 saturated heterocycles. The summed E-state index contributed by atoms with van der Waals surface area (Å²) < 4.78 is 18.6. The summed E-state index contributed by atoms with van der Waals surface area (Å²) in [7, 11) is 0. The normalized spacial score (nSPS) is 10.4. The van der Waals surface area contributed by atoms with E-state index in [2.05, 4.69) is 4.98 Å². The Bertz CT molecular complexity index is 577. The van der Waals surface area contributed by atoms with E-state index in [1.807, 2.05) is 0 Å². The Morgan fingerprint density at radius 3 is 2.56 bits per heavy atom. The smallest absolute Gasteiger partial charge is 0.238 e. The molecule has 1 aromatic carbocycles. The van der Waals surface area contributed by atoms with Crippen LogP contribution in [-0.2, 0) is 5.88 Å². The number of halogens is 4. The Balaban J connectivity index is 2.25. The molecule has 0 aliphatic heterocycles. The zero-order valence-corrected chi connectivity index (χ0v) is 11.2. The highest BCUT2D eigenvalue weighted by Crippen LogP contribution is 2.29. The Labute approximate surface area is 118 Å². The molecule has 0 aliphatic carbocycles. The molecule has 2 aromatic rings. The monoisotopic (exact) mass is 305 g/mol. The van der Waals surface area contributed by atoms with Gasteiger partial charge in [0.25, 0.3) is 0 Å². The number of ether oxygens (including phenoxy) is 1. The lowest BCUT2D eigenvalue weighted by Crippen LogP contribution is -1.91. The number of aromatic nitrogens is 1. The van der Waals surface area contributed by atoms with E-state index in [-0.39, 0.29) is 16.7 Å². The lowest BCUT2D eigenvalue weighted by molar-refractivity contribution is 0.458. The molecule has 0 aliphatic rings. The van der Waals surface area contributed by atoms with Crippen molar-refractivity contribution in [1.29, 1.82) is 0 Å². The van der Waals surface area contributed by atoms with Crippen molar-refractivity contribution in [3.05, 3.63) is 51.9 Å². The molecule has 18 heavy (non-hydrogen) atoms. The minimum Gasteiger partial charge on any atom is -0.437 e. The molecule has 1 heterocycles. The quantitative estimate of drug-likeness (QED) is 0.740. The number of rotatable bonds is 3. The maximum atomic E-state index is 13.2. The standard InChI is InChI=1S/C12H7Cl3FNO/c13-5-7-3-10(15)12(17-6-7)18-8-1-2-9(14)11(16)4-8/h1-4,6H,5H2. The molecule has 0 fully saturated rings. The molecular weight excluding hydrogens is 299 g/mol. The fourth-order valence-electron chi connectivity index (χ4n) is 1.27. The van der Waals surface area contributed by atoms with Crippen LogP contribution < -0.4 is 4.74 Å². The van der Waals surface area contributed by atoms with Gasteiger partial charge in [0.15, 0.2) is 0 Å². The van der Waals surface area contributed by atoms with Gasteiger partial charge in [-0.25, -0.2) is 9.37 Å². The van der Waals surface area contributed by atoms with Crippen molar-refractivity contribution in [2.75, 3.05) is 0 Å². The molecule has 0 N–H and O–H groups in total. The first-order chi connectivity index (χ1) is 8.60. The van der Waals surface area contributed by atoms with Crippen molar-refractivity contribution in [2.45, 2.75) is 5.88 Å². The average molecular weight is 307 g/mol. The van der Waals surface area contributed by atoms with Crippen LogP contribution in [0.15, 0.2) is 30.5 Å². The highest BCUT2D eigenvalue weighted by molar-refractivity contribution is 6.32. The largest absolute Gasteiger partial charge is 0.437 e. The summed E-state index contributed by atoms with van der Waals surface area (Å²) in [5, 5.41) is 0.336. The molecule has 0 saturated carbocycles. The summed E-state index contributed by atoms with van der Waals surface area (Å²) in [6.07, 6.45) is 1.54.